The highest BCUT2D eigenvalue weighted by Crippen LogP contribution is 2.23. The van der Waals surface area contributed by atoms with Crippen molar-refractivity contribution in [1.82, 2.24) is 5.32 Å². The van der Waals surface area contributed by atoms with Crippen molar-refractivity contribution in [2.45, 2.75) is 43.9 Å². The van der Waals surface area contributed by atoms with E-state index in [9.17, 15) is 14.4 Å². The van der Waals surface area contributed by atoms with Gasteiger partial charge in [-0.1, -0.05) is 23.8 Å². The van der Waals surface area contributed by atoms with Gasteiger partial charge in [-0.25, -0.2) is 4.79 Å². The van der Waals surface area contributed by atoms with Crippen LogP contribution in [0.1, 0.15) is 49.4 Å². The number of benzene rings is 1. The van der Waals surface area contributed by atoms with Crippen molar-refractivity contribution in [3.8, 4) is 0 Å². The summed E-state index contributed by atoms with van der Waals surface area (Å²) in [6, 6.07) is 6.93. The minimum absolute atomic E-state index is 0.0330. The average Bonchev–Trinajstić information content (AvgIpc) is 2.65. The van der Waals surface area contributed by atoms with Crippen LogP contribution in [0.15, 0.2) is 40.8 Å². The Morgan fingerprint density at radius 3 is 2.73 bits per heavy atom. The predicted molar refractivity (Wildman–Crippen MR) is 102 cm³/mol. The first-order valence-corrected chi connectivity index (χ1v) is 9.88. The number of ketones is 1. The predicted octanol–water partition coefficient (Wildman–Crippen LogP) is 3.53. The molecule has 0 bridgehead atoms. The van der Waals surface area contributed by atoms with Crippen LogP contribution in [0.4, 0.5) is 0 Å². The zero-order valence-corrected chi connectivity index (χ0v) is 15.9. The Hall–Kier alpha value is -2.08. The molecular weight excluding hydrogens is 350 g/mol. The van der Waals surface area contributed by atoms with E-state index in [1.165, 1.54) is 37.1 Å². The van der Waals surface area contributed by atoms with Crippen LogP contribution < -0.4 is 5.32 Å². The molecule has 1 aliphatic rings. The number of carbonyl (C=O) groups excluding carboxylic acids is 3. The molecule has 1 aromatic carbocycles. The molecule has 1 N–H and O–H groups in total. The molecule has 1 aromatic rings. The Bertz CT molecular complexity index is 684. The molecule has 1 amide bonds. The molecule has 0 heterocycles. The Morgan fingerprint density at radius 1 is 1.19 bits per heavy atom. The highest BCUT2D eigenvalue weighted by molar-refractivity contribution is 8.00. The summed E-state index contributed by atoms with van der Waals surface area (Å²) in [5.41, 5.74) is 1.77. The summed E-state index contributed by atoms with van der Waals surface area (Å²) in [4.78, 5) is 35.9. The van der Waals surface area contributed by atoms with E-state index in [1.807, 2.05) is 0 Å². The van der Waals surface area contributed by atoms with Crippen molar-refractivity contribution in [3.05, 3.63) is 41.5 Å². The van der Waals surface area contributed by atoms with Gasteiger partial charge in [0.15, 0.2) is 6.61 Å². The first kappa shape index (κ1) is 20.2. The minimum Gasteiger partial charge on any atom is -0.452 e. The van der Waals surface area contributed by atoms with Gasteiger partial charge in [-0.2, -0.15) is 0 Å². The molecule has 0 atom stereocenters. The molecule has 6 heteroatoms. The monoisotopic (exact) mass is 375 g/mol. The first-order chi connectivity index (χ1) is 12.6. The van der Waals surface area contributed by atoms with Crippen molar-refractivity contribution >= 4 is 29.4 Å². The molecule has 1 aliphatic carbocycles. The van der Waals surface area contributed by atoms with Gasteiger partial charge in [-0.05, 0) is 51.2 Å². The molecule has 0 saturated heterocycles. The van der Waals surface area contributed by atoms with Crippen LogP contribution >= 0.6 is 11.8 Å². The van der Waals surface area contributed by atoms with Crippen molar-refractivity contribution in [3.63, 3.8) is 0 Å². The van der Waals surface area contributed by atoms with E-state index in [0.717, 1.165) is 19.3 Å². The maximum atomic E-state index is 12.2. The second-order valence-corrected chi connectivity index (χ2v) is 7.29. The molecule has 0 aromatic heterocycles. The summed E-state index contributed by atoms with van der Waals surface area (Å²) in [7, 11) is 0. The van der Waals surface area contributed by atoms with Gasteiger partial charge in [0.1, 0.15) is 5.78 Å². The van der Waals surface area contributed by atoms with Crippen LogP contribution in [-0.4, -0.2) is 36.6 Å². The number of hydrogen-bond donors (Lipinski definition) is 1. The van der Waals surface area contributed by atoms with Gasteiger partial charge < -0.3 is 10.1 Å². The summed E-state index contributed by atoms with van der Waals surface area (Å²) in [6.45, 7) is 1.76. The van der Waals surface area contributed by atoms with Gasteiger partial charge in [0, 0.05) is 11.4 Å². The molecule has 140 valence electrons. The molecule has 0 aliphatic heterocycles. The van der Waals surface area contributed by atoms with Crippen LogP contribution in [0.2, 0.25) is 0 Å². The second-order valence-electron chi connectivity index (χ2n) is 6.27. The van der Waals surface area contributed by atoms with Gasteiger partial charge in [0.05, 0.1) is 11.3 Å². The highest BCUT2D eigenvalue weighted by Gasteiger charge is 2.15. The zero-order valence-electron chi connectivity index (χ0n) is 15.1. The van der Waals surface area contributed by atoms with Crippen LogP contribution in [0.5, 0.6) is 0 Å². The molecule has 2 rings (SSSR count). The number of ether oxygens (including phenoxy) is 1. The van der Waals surface area contributed by atoms with Crippen LogP contribution in [0, 0.1) is 0 Å². The molecule has 5 nitrogen and oxygen atoms in total. The van der Waals surface area contributed by atoms with Gasteiger partial charge in [0.2, 0.25) is 0 Å². The van der Waals surface area contributed by atoms with Crippen molar-refractivity contribution in [2.75, 3.05) is 18.9 Å². The normalized spacial score (nSPS) is 13.7. The lowest BCUT2D eigenvalue weighted by atomic mass is 9.97. The lowest BCUT2D eigenvalue weighted by molar-refractivity contribution is -0.124. The number of rotatable bonds is 9. The van der Waals surface area contributed by atoms with Crippen molar-refractivity contribution < 1.29 is 19.1 Å². The topological polar surface area (TPSA) is 72.5 Å². The molecule has 0 saturated carbocycles. The van der Waals surface area contributed by atoms with Crippen LogP contribution in [0.25, 0.3) is 0 Å². The molecular formula is C20H25NO4S. The van der Waals surface area contributed by atoms with Gasteiger partial charge in [-0.15, -0.1) is 11.8 Å². The number of carbonyl (C=O) groups is 3. The van der Waals surface area contributed by atoms with Gasteiger partial charge >= 0.3 is 5.97 Å². The maximum absolute atomic E-state index is 12.2. The number of allylic oxidation sites excluding steroid dienone is 1. The summed E-state index contributed by atoms with van der Waals surface area (Å²) in [5, 5.41) is 2.78. The summed E-state index contributed by atoms with van der Waals surface area (Å²) in [5.74, 6) is -0.531. The number of nitrogens with one attached hydrogen (secondary N) is 1. The second kappa shape index (κ2) is 10.8. The Labute approximate surface area is 158 Å². The van der Waals surface area contributed by atoms with Gasteiger partial charge in [-0.3, -0.25) is 9.59 Å². The molecule has 0 radical (unpaired) electrons. The van der Waals surface area contributed by atoms with E-state index in [0.29, 0.717) is 22.8 Å². The van der Waals surface area contributed by atoms with E-state index >= 15 is 0 Å². The third-order valence-corrected chi connectivity index (χ3v) is 5.24. The first-order valence-electron chi connectivity index (χ1n) is 8.89. The standard InChI is InChI=1S/C20H25NO4S/c1-15(22)14-26-18-10-6-5-9-17(18)20(24)25-13-19(23)21-12-11-16-7-3-2-4-8-16/h5-7,9-10H,2-4,8,11-14H2,1H3,(H,21,23). The number of amides is 1. The van der Waals surface area contributed by atoms with Crippen LogP contribution in [-0.2, 0) is 14.3 Å². The molecule has 26 heavy (non-hydrogen) atoms. The smallest absolute Gasteiger partial charge is 0.339 e. The number of esters is 1. The summed E-state index contributed by atoms with van der Waals surface area (Å²) >= 11 is 1.29. The molecule has 0 spiro atoms. The molecule has 0 unspecified atom stereocenters. The van der Waals surface area contributed by atoms with E-state index < -0.39 is 5.97 Å². The largest absolute Gasteiger partial charge is 0.452 e. The summed E-state index contributed by atoms with van der Waals surface area (Å²) in [6.07, 6.45) is 7.81. The number of thioether (sulfide) groups is 1. The van der Waals surface area contributed by atoms with E-state index in [4.69, 9.17) is 4.74 Å². The van der Waals surface area contributed by atoms with Crippen molar-refractivity contribution in [1.29, 1.82) is 0 Å². The maximum Gasteiger partial charge on any atom is 0.339 e. The Morgan fingerprint density at radius 2 is 2.00 bits per heavy atom. The lowest BCUT2D eigenvalue weighted by Crippen LogP contribution is -2.30. The Balaban J connectivity index is 1.76. The number of hydrogen-bond acceptors (Lipinski definition) is 5. The third-order valence-electron chi connectivity index (χ3n) is 4.03. The van der Waals surface area contributed by atoms with Crippen molar-refractivity contribution in [2.24, 2.45) is 0 Å². The van der Waals surface area contributed by atoms with E-state index in [-0.39, 0.29) is 18.3 Å². The third kappa shape index (κ3) is 7.04. The summed E-state index contributed by atoms with van der Waals surface area (Å²) < 4.78 is 5.12. The molecule has 0 fully saturated rings. The fraction of sp³-hybridized carbons (Fsp3) is 0.450. The van der Waals surface area contributed by atoms with Crippen LogP contribution in [0.3, 0.4) is 0 Å². The zero-order chi connectivity index (χ0) is 18.8. The van der Waals surface area contributed by atoms with E-state index in [1.54, 1.807) is 24.3 Å². The average molecular weight is 375 g/mol. The van der Waals surface area contributed by atoms with Gasteiger partial charge in [0.25, 0.3) is 5.91 Å². The Kier molecular flexibility index (Phi) is 8.41. The number of Topliss-reactive ketones (excluding diaryl/α,β-unsaturated/α-hetero) is 1. The lowest BCUT2D eigenvalue weighted by Gasteiger charge is -2.13. The highest BCUT2D eigenvalue weighted by atomic mass is 32.2. The quantitative estimate of drug-likeness (QED) is 0.406. The fourth-order valence-corrected chi connectivity index (χ4v) is 3.54. The SMILES string of the molecule is CC(=O)CSc1ccccc1C(=O)OCC(=O)NCCC1=CCCCC1. The fourth-order valence-electron chi connectivity index (χ4n) is 2.69. The van der Waals surface area contributed by atoms with E-state index in [2.05, 4.69) is 11.4 Å². The minimum atomic E-state index is -0.554.